The molecule has 1 aromatic heterocycles. The van der Waals surface area contributed by atoms with E-state index in [9.17, 15) is 4.79 Å². The molecule has 0 saturated carbocycles. The molecule has 0 amide bonds. The topological polar surface area (TPSA) is 78.1 Å². The van der Waals surface area contributed by atoms with Crippen LogP contribution in [-0.2, 0) is 10.2 Å². The van der Waals surface area contributed by atoms with E-state index in [0.29, 0.717) is 5.56 Å². The number of aromatic nitrogens is 2. The van der Waals surface area contributed by atoms with Gasteiger partial charge >= 0.3 is 5.97 Å². The quantitative estimate of drug-likeness (QED) is 0.601. The highest BCUT2D eigenvalue weighted by molar-refractivity contribution is 6.30. The van der Waals surface area contributed by atoms with Gasteiger partial charge in [-0.3, -0.25) is 0 Å². The number of anilines is 1. The molecule has 88 valence electrons. The first-order valence-corrected chi connectivity index (χ1v) is 5.07. The summed E-state index contributed by atoms with van der Waals surface area (Å²) in [6, 6.07) is 0. The Morgan fingerprint density at radius 2 is 1.94 bits per heavy atom. The van der Waals surface area contributed by atoms with Crippen molar-refractivity contribution in [3.63, 3.8) is 0 Å². The molecule has 0 bridgehead atoms. The van der Waals surface area contributed by atoms with Crippen molar-refractivity contribution in [2.24, 2.45) is 0 Å². The third kappa shape index (κ3) is 2.41. The van der Waals surface area contributed by atoms with Crippen LogP contribution >= 0.6 is 11.6 Å². The summed E-state index contributed by atoms with van der Waals surface area (Å²) in [6.07, 6.45) is 0. The number of ether oxygens (including phenoxy) is 1. The van der Waals surface area contributed by atoms with Gasteiger partial charge in [0.2, 0.25) is 5.95 Å². The Morgan fingerprint density at radius 3 is 2.38 bits per heavy atom. The van der Waals surface area contributed by atoms with Crippen molar-refractivity contribution in [1.29, 1.82) is 0 Å². The van der Waals surface area contributed by atoms with Gasteiger partial charge in [0.25, 0.3) is 0 Å². The van der Waals surface area contributed by atoms with Crippen LogP contribution < -0.4 is 5.73 Å². The second-order valence-electron chi connectivity index (χ2n) is 4.34. The summed E-state index contributed by atoms with van der Waals surface area (Å²) in [7, 11) is 1.28. The zero-order chi connectivity index (χ0) is 12.5. The minimum absolute atomic E-state index is 0.0431. The van der Waals surface area contributed by atoms with Crippen molar-refractivity contribution in [3.05, 3.63) is 16.4 Å². The summed E-state index contributed by atoms with van der Waals surface area (Å²) in [5.74, 6) is -0.612. The SMILES string of the molecule is COC(=O)c1nc(N)nc(Cl)c1C(C)(C)C. The lowest BCUT2D eigenvalue weighted by atomic mass is 9.86. The van der Waals surface area contributed by atoms with Crippen molar-refractivity contribution >= 4 is 23.5 Å². The van der Waals surface area contributed by atoms with Crippen LogP contribution in [0.2, 0.25) is 5.15 Å². The summed E-state index contributed by atoms with van der Waals surface area (Å²) < 4.78 is 4.64. The number of esters is 1. The summed E-state index contributed by atoms with van der Waals surface area (Å²) in [4.78, 5) is 19.3. The molecule has 0 radical (unpaired) electrons. The smallest absolute Gasteiger partial charge is 0.357 e. The van der Waals surface area contributed by atoms with E-state index >= 15 is 0 Å². The number of halogens is 1. The minimum Gasteiger partial charge on any atom is -0.464 e. The van der Waals surface area contributed by atoms with Crippen molar-refractivity contribution in [2.75, 3.05) is 12.8 Å². The fourth-order valence-electron chi connectivity index (χ4n) is 1.36. The Balaban J connectivity index is 3.51. The number of nitrogen functional groups attached to an aromatic ring is 1. The molecule has 0 saturated heterocycles. The van der Waals surface area contributed by atoms with Gasteiger partial charge in [-0.15, -0.1) is 0 Å². The molecule has 0 fully saturated rings. The second kappa shape index (κ2) is 4.25. The van der Waals surface area contributed by atoms with Gasteiger partial charge in [-0.25, -0.2) is 14.8 Å². The van der Waals surface area contributed by atoms with Gasteiger partial charge in [0.05, 0.1) is 7.11 Å². The first-order chi connectivity index (χ1) is 7.27. The molecule has 0 aromatic carbocycles. The van der Waals surface area contributed by atoms with E-state index in [2.05, 4.69) is 14.7 Å². The number of methoxy groups -OCH3 is 1. The molecule has 0 aliphatic heterocycles. The van der Waals surface area contributed by atoms with Gasteiger partial charge in [-0.1, -0.05) is 32.4 Å². The molecular formula is C10H14ClN3O2. The van der Waals surface area contributed by atoms with Crippen LogP contribution in [0.15, 0.2) is 0 Å². The number of carbonyl (C=O) groups excluding carboxylic acids is 1. The molecule has 0 aliphatic carbocycles. The number of nitrogens with zero attached hydrogens (tertiary/aromatic N) is 2. The molecular weight excluding hydrogens is 230 g/mol. The maximum absolute atomic E-state index is 11.6. The lowest BCUT2D eigenvalue weighted by molar-refractivity contribution is 0.0591. The highest BCUT2D eigenvalue weighted by atomic mass is 35.5. The molecule has 0 unspecified atom stereocenters. The standard InChI is InChI=1S/C10H14ClN3O2/c1-10(2,3)5-6(8(15)16-4)13-9(12)14-7(5)11/h1-4H3,(H2,12,13,14). The van der Waals surface area contributed by atoms with E-state index in [1.165, 1.54) is 7.11 Å². The molecule has 1 rings (SSSR count). The van der Waals surface area contributed by atoms with Crippen LogP contribution in [0.4, 0.5) is 5.95 Å². The second-order valence-corrected chi connectivity index (χ2v) is 4.70. The van der Waals surface area contributed by atoms with Gasteiger partial charge in [0.15, 0.2) is 5.69 Å². The van der Waals surface area contributed by atoms with E-state index in [1.807, 2.05) is 20.8 Å². The van der Waals surface area contributed by atoms with Crippen LogP contribution in [0, 0.1) is 0 Å². The predicted molar refractivity (Wildman–Crippen MR) is 61.5 cm³/mol. The number of carbonyl (C=O) groups is 1. The molecule has 1 heterocycles. The largest absolute Gasteiger partial charge is 0.464 e. The molecule has 0 aliphatic rings. The molecule has 0 spiro atoms. The molecule has 2 N–H and O–H groups in total. The van der Waals surface area contributed by atoms with Gasteiger partial charge in [-0.05, 0) is 5.41 Å². The van der Waals surface area contributed by atoms with E-state index in [-0.39, 0.29) is 22.2 Å². The van der Waals surface area contributed by atoms with Crippen LogP contribution in [0.5, 0.6) is 0 Å². The van der Waals surface area contributed by atoms with Crippen LogP contribution in [0.25, 0.3) is 0 Å². The Morgan fingerprint density at radius 1 is 1.38 bits per heavy atom. The molecule has 5 nitrogen and oxygen atoms in total. The van der Waals surface area contributed by atoms with E-state index in [0.717, 1.165) is 0 Å². The van der Waals surface area contributed by atoms with Gasteiger partial charge in [0.1, 0.15) is 5.15 Å². The monoisotopic (exact) mass is 243 g/mol. The Kier molecular flexibility index (Phi) is 3.38. The van der Waals surface area contributed by atoms with E-state index in [1.54, 1.807) is 0 Å². The van der Waals surface area contributed by atoms with Crippen LogP contribution in [0.3, 0.4) is 0 Å². The summed E-state index contributed by atoms with van der Waals surface area (Å²) in [6.45, 7) is 5.71. The zero-order valence-corrected chi connectivity index (χ0v) is 10.4. The fraction of sp³-hybridized carbons (Fsp3) is 0.500. The third-order valence-electron chi connectivity index (χ3n) is 2.01. The van der Waals surface area contributed by atoms with E-state index < -0.39 is 5.97 Å². The number of rotatable bonds is 1. The van der Waals surface area contributed by atoms with Crippen LogP contribution in [-0.4, -0.2) is 23.0 Å². The maximum Gasteiger partial charge on any atom is 0.357 e. The van der Waals surface area contributed by atoms with E-state index in [4.69, 9.17) is 17.3 Å². The summed E-state index contributed by atoms with van der Waals surface area (Å²) in [5, 5.41) is 0.181. The fourth-order valence-corrected chi connectivity index (χ4v) is 1.82. The highest BCUT2D eigenvalue weighted by Crippen LogP contribution is 2.31. The normalized spacial score (nSPS) is 11.3. The number of hydrogen-bond donors (Lipinski definition) is 1. The van der Waals surface area contributed by atoms with Crippen molar-refractivity contribution in [3.8, 4) is 0 Å². The van der Waals surface area contributed by atoms with Gasteiger partial charge in [-0.2, -0.15) is 0 Å². The van der Waals surface area contributed by atoms with Crippen LogP contribution in [0.1, 0.15) is 36.8 Å². The molecule has 1 aromatic rings. The molecule has 6 heteroatoms. The summed E-state index contributed by atoms with van der Waals surface area (Å²) in [5.41, 5.74) is 5.74. The Hall–Kier alpha value is -1.36. The number of hydrogen-bond acceptors (Lipinski definition) is 5. The lowest BCUT2D eigenvalue weighted by Crippen LogP contribution is -2.21. The molecule has 16 heavy (non-hydrogen) atoms. The first kappa shape index (κ1) is 12.7. The highest BCUT2D eigenvalue weighted by Gasteiger charge is 2.28. The van der Waals surface area contributed by atoms with Crippen molar-refractivity contribution in [2.45, 2.75) is 26.2 Å². The van der Waals surface area contributed by atoms with Crippen molar-refractivity contribution < 1.29 is 9.53 Å². The zero-order valence-electron chi connectivity index (χ0n) is 9.67. The van der Waals surface area contributed by atoms with Gasteiger partial charge < -0.3 is 10.5 Å². The maximum atomic E-state index is 11.6. The van der Waals surface area contributed by atoms with Crippen molar-refractivity contribution in [1.82, 2.24) is 9.97 Å². The summed E-state index contributed by atoms with van der Waals surface area (Å²) >= 11 is 5.98. The van der Waals surface area contributed by atoms with Gasteiger partial charge in [0, 0.05) is 5.56 Å². The Labute approximate surface area is 99.0 Å². The third-order valence-corrected chi connectivity index (χ3v) is 2.28. The average Bonchev–Trinajstić information content (AvgIpc) is 2.12. The molecule has 0 atom stereocenters. The average molecular weight is 244 g/mol. The minimum atomic E-state index is -0.569. The first-order valence-electron chi connectivity index (χ1n) is 4.69. The Bertz CT molecular complexity index is 427. The predicted octanol–water partition coefficient (Wildman–Crippen LogP) is 1.80. The number of nitrogens with two attached hydrogens (primary N) is 1. The lowest BCUT2D eigenvalue weighted by Gasteiger charge is -2.21.